The van der Waals surface area contributed by atoms with Crippen molar-refractivity contribution in [2.45, 2.75) is 44.6 Å². The summed E-state index contributed by atoms with van der Waals surface area (Å²) in [5.74, 6) is -0.542. The number of hydrogen-bond acceptors (Lipinski definition) is 3. The Labute approximate surface area is 79.1 Å². The maximum absolute atomic E-state index is 11.3. The Bertz CT molecular complexity index is 168. The molecule has 76 valence electrons. The van der Waals surface area contributed by atoms with Gasteiger partial charge in [0.1, 0.15) is 0 Å². The molecule has 3 nitrogen and oxygen atoms in total. The SMILES string of the molecule is COC(=O)C1CCCCCCC1O. The molecule has 0 heterocycles. The standard InChI is InChI=1S/C10H18O3/c1-13-10(12)8-6-4-2-3-5-7-9(8)11/h8-9,11H,2-7H2,1H3. The fourth-order valence-electron chi connectivity index (χ4n) is 1.89. The average Bonchev–Trinajstić information content (AvgIpc) is 2.11. The molecule has 0 aromatic heterocycles. The summed E-state index contributed by atoms with van der Waals surface area (Å²) in [6, 6.07) is 0. The van der Waals surface area contributed by atoms with E-state index in [1.54, 1.807) is 0 Å². The third-order valence-electron chi connectivity index (χ3n) is 2.73. The summed E-state index contributed by atoms with van der Waals surface area (Å²) in [6.45, 7) is 0. The highest BCUT2D eigenvalue weighted by atomic mass is 16.5. The lowest BCUT2D eigenvalue weighted by molar-refractivity contribution is -0.150. The minimum atomic E-state index is -0.493. The monoisotopic (exact) mass is 186 g/mol. The highest BCUT2D eigenvalue weighted by Gasteiger charge is 2.27. The fraction of sp³-hybridized carbons (Fsp3) is 0.900. The molecule has 2 unspecified atom stereocenters. The summed E-state index contributed by atoms with van der Waals surface area (Å²) < 4.78 is 4.66. The molecule has 1 rings (SSSR count). The summed E-state index contributed by atoms with van der Waals surface area (Å²) in [6.07, 6.45) is 5.40. The van der Waals surface area contributed by atoms with Crippen molar-refractivity contribution in [1.29, 1.82) is 0 Å². The van der Waals surface area contributed by atoms with Crippen LogP contribution in [0, 0.1) is 5.92 Å². The molecule has 0 saturated heterocycles. The molecule has 1 fully saturated rings. The van der Waals surface area contributed by atoms with Crippen LogP contribution in [0.2, 0.25) is 0 Å². The van der Waals surface area contributed by atoms with Crippen molar-refractivity contribution in [3.05, 3.63) is 0 Å². The first-order chi connectivity index (χ1) is 6.25. The van der Waals surface area contributed by atoms with Gasteiger partial charge in [-0.3, -0.25) is 4.79 Å². The van der Waals surface area contributed by atoms with Gasteiger partial charge >= 0.3 is 5.97 Å². The number of carbonyl (C=O) groups excluding carboxylic acids is 1. The van der Waals surface area contributed by atoms with E-state index >= 15 is 0 Å². The van der Waals surface area contributed by atoms with E-state index in [1.807, 2.05) is 0 Å². The largest absolute Gasteiger partial charge is 0.469 e. The minimum Gasteiger partial charge on any atom is -0.469 e. The molecule has 0 radical (unpaired) electrons. The maximum Gasteiger partial charge on any atom is 0.311 e. The summed E-state index contributed by atoms with van der Waals surface area (Å²) in [5.41, 5.74) is 0. The van der Waals surface area contributed by atoms with Crippen LogP contribution in [0.1, 0.15) is 38.5 Å². The van der Waals surface area contributed by atoms with Gasteiger partial charge < -0.3 is 9.84 Å². The lowest BCUT2D eigenvalue weighted by atomic mass is 9.89. The topological polar surface area (TPSA) is 46.5 Å². The lowest BCUT2D eigenvalue weighted by Crippen LogP contribution is -2.30. The van der Waals surface area contributed by atoms with Crippen molar-refractivity contribution < 1.29 is 14.6 Å². The predicted octanol–water partition coefficient (Wildman–Crippen LogP) is 1.49. The van der Waals surface area contributed by atoms with Gasteiger partial charge in [-0.2, -0.15) is 0 Å². The Hall–Kier alpha value is -0.570. The molecule has 1 aliphatic rings. The Kier molecular flexibility index (Phi) is 4.22. The number of esters is 1. The molecule has 3 heteroatoms. The van der Waals surface area contributed by atoms with Crippen LogP contribution >= 0.6 is 0 Å². The Morgan fingerprint density at radius 3 is 2.46 bits per heavy atom. The first kappa shape index (κ1) is 10.5. The van der Waals surface area contributed by atoms with Crippen molar-refractivity contribution >= 4 is 5.97 Å². The van der Waals surface area contributed by atoms with Crippen molar-refractivity contribution in [2.75, 3.05) is 7.11 Å². The third-order valence-corrected chi connectivity index (χ3v) is 2.73. The van der Waals surface area contributed by atoms with Gasteiger partial charge in [0.2, 0.25) is 0 Å². The summed E-state index contributed by atoms with van der Waals surface area (Å²) >= 11 is 0. The zero-order valence-corrected chi connectivity index (χ0v) is 8.16. The van der Waals surface area contributed by atoms with Gasteiger partial charge in [0.15, 0.2) is 0 Å². The number of hydrogen-bond donors (Lipinski definition) is 1. The van der Waals surface area contributed by atoms with E-state index in [0.717, 1.165) is 25.7 Å². The van der Waals surface area contributed by atoms with Crippen LogP contribution in [0.4, 0.5) is 0 Å². The average molecular weight is 186 g/mol. The molecule has 0 aromatic rings. The van der Waals surface area contributed by atoms with Crippen LogP contribution < -0.4 is 0 Å². The lowest BCUT2D eigenvalue weighted by Gasteiger charge is -2.22. The molecule has 0 amide bonds. The molecule has 0 bridgehead atoms. The van der Waals surface area contributed by atoms with Crippen molar-refractivity contribution in [2.24, 2.45) is 5.92 Å². The third kappa shape index (κ3) is 2.99. The second-order valence-electron chi connectivity index (χ2n) is 3.69. The van der Waals surface area contributed by atoms with E-state index in [1.165, 1.54) is 20.0 Å². The van der Waals surface area contributed by atoms with Gasteiger partial charge in [-0.25, -0.2) is 0 Å². The molecule has 1 aliphatic carbocycles. The number of aliphatic hydroxyl groups is 1. The van der Waals surface area contributed by atoms with E-state index in [2.05, 4.69) is 4.74 Å². The van der Waals surface area contributed by atoms with Gasteiger partial charge in [0.25, 0.3) is 0 Å². The number of aliphatic hydroxyl groups excluding tert-OH is 1. The fourth-order valence-corrected chi connectivity index (χ4v) is 1.89. The smallest absolute Gasteiger partial charge is 0.311 e. The van der Waals surface area contributed by atoms with Crippen LogP contribution in [0.25, 0.3) is 0 Å². The second kappa shape index (κ2) is 5.22. The number of methoxy groups -OCH3 is 1. The first-order valence-electron chi connectivity index (χ1n) is 5.01. The van der Waals surface area contributed by atoms with Gasteiger partial charge in [-0.15, -0.1) is 0 Å². The molecular weight excluding hydrogens is 168 g/mol. The van der Waals surface area contributed by atoms with E-state index in [4.69, 9.17) is 0 Å². The maximum atomic E-state index is 11.3. The first-order valence-corrected chi connectivity index (χ1v) is 5.01. The molecule has 0 aromatic carbocycles. The van der Waals surface area contributed by atoms with Gasteiger partial charge in [0.05, 0.1) is 19.1 Å². The molecule has 1 N–H and O–H groups in total. The van der Waals surface area contributed by atoms with Crippen LogP contribution in [-0.4, -0.2) is 24.3 Å². The van der Waals surface area contributed by atoms with Crippen LogP contribution in [0.3, 0.4) is 0 Å². The van der Waals surface area contributed by atoms with Crippen molar-refractivity contribution in [1.82, 2.24) is 0 Å². The molecular formula is C10H18O3. The number of rotatable bonds is 1. The zero-order valence-electron chi connectivity index (χ0n) is 8.16. The highest BCUT2D eigenvalue weighted by Crippen LogP contribution is 2.23. The van der Waals surface area contributed by atoms with Crippen LogP contribution in [0.5, 0.6) is 0 Å². The molecule has 1 saturated carbocycles. The van der Waals surface area contributed by atoms with E-state index in [0.29, 0.717) is 0 Å². The number of carbonyl (C=O) groups is 1. The normalized spacial score (nSPS) is 30.3. The Balaban J connectivity index is 2.50. The minimum absolute atomic E-state index is 0.255. The van der Waals surface area contributed by atoms with Crippen molar-refractivity contribution in [3.8, 4) is 0 Å². The molecule has 0 aliphatic heterocycles. The zero-order chi connectivity index (χ0) is 9.68. The van der Waals surface area contributed by atoms with E-state index in [-0.39, 0.29) is 11.9 Å². The summed E-state index contributed by atoms with van der Waals surface area (Å²) in [4.78, 5) is 11.3. The quantitative estimate of drug-likeness (QED) is 0.631. The predicted molar refractivity (Wildman–Crippen MR) is 49.2 cm³/mol. The highest BCUT2D eigenvalue weighted by molar-refractivity contribution is 5.72. The Morgan fingerprint density at radius 1 is 1.23 bits per heavy atom. The van der Waals surface area contributed by atoms with Crippen LogP contribution in [-0.2, 0) is 9.53 Å². The van der Waals surface area contributed by atoms with Gasteiger partial charge in [-0.1, -0.05) is 25.7 Å². The molecule has 0 spiro atoms. The second-order valence-corrected chi connectivity index (χ2v) is 3.69. The van der Waals surface area contributed by atoms with E-state index < -0.39 is 6.10 Å². The van der Waals surface area contributed by atoms with E-state index in [9.17, 15) is 9.90 Å². The molecule has 2 atom stereocenters. The Morgan fingerprint density at radius 2 is 1.85 bits per heavy atom. The van der Waals surface area contributed by atoms with Gasteiger partial charge in [0, 0.05) is 0 Å². The van der Waals surface area contributed by atoms with Crippen LogP contribution in [0.15, 0.2) is 0 Å². The molecule has 13 heavy (non-hydrogen) atoms. The number of ether oxygens (including phenoxy) is 1. The summed E-state index contributed by atoms with van der Waals surface area (Å²) in [7, 11) is 1.38. The van der Waals surface area contributed by atoms with Crippen molar-refractivity contribution in [3.63, 3.8) is 0 Å². The van der Waals surface area contributed by atoms with Gasteiger partial charge in [-0.05, 0) is 12.8 Å². The summed E-state index contributed by atoms with van der Waals surface area (Å²) in [5, 5.41) is 9.67.